The number of benzene rings is 8. The van der Waals surface area contributed by atoms with Crippen molar-refractivity contribution in [1.29, 1.82) is 0 Å². The number of halogens is 2. The van der Waals surface area contributed by atoms with E-state index in [0.717, 1.165) is 151 Å². The molecule has 2 saturated heterocycles. The molecule has 586 valence electrons. The number of hydrogen-bond acceptors (Lipinski definition) is 4. The monoisotopic (exact) mass is 1660 g/mol. The quantitative estimate of drug-likeness (QED) is 0.0904. The molecule has 8 aromatic carbocycles. The Balaban J connectivity index is 0.773. The van der Waals surface area contributed by atoms with Crippen molar-refractivity contribution in [2.24, 2.45) is 0 Å². The zero-order chi connectivity index (χ0) is 77.6. The maximum absolute atomic E-state index is 11.9. The first-order chi connectivity index (χ1) is 56.0. The molecule has 8 unspecified atom stereocenters. The first kappa shape index (κ1) is 74.1. The van der Waals surface area contributed by atoms with Crippen LogP contribution in [-0.4, -0.2) is 42.0 Å². The molecule has 4 saturated carbocycles. The van der Waals surface area contributed by atoms with Gasteiger partial charge in [-0.25, -0.2) is 0 Å². The molecule has 9 heteroatoms. The summed E-state index contributed by atoms with van der Waals surface area (Å²) in [5.41, 5.74) is 35.2. The van der Waals surface area contributed by atoms with Crippen LogP contribution in [0.4, 0.5) is 0 Å². The van der Waals surface area contributed by atoms with Crippen molar-refractivity contribution in [3.8, 4) is 67.5 Å². The Labute approximate surface area is 691 Å². The van der Waals surface area contributed by atoms with Crippen LogP contribution in [0.3, 0.4) is 0 Å². The Hall–Kier alpha value is -7.22. The van der Waals surface area contributed by atoms with Gasteiger partial charge in [0.2, 0.25) is 0 Å². The van der Waals surface area contributed by atoms with E-state index in [0.29, 0.717) is 24.4 Å². The van der Waals surface area contributed by atoms with Crippen LogP contribution in [0.1, 0.15) is 228 Å². The molecule has 6 fully saturated rings. The molecule has 5 spiro atoms. The van der Waals surface area contributed by atoms with E-state index in [1.54, 1.807) is 66.9 Å². The van der Waals surface area contributed by atoms with Crippen LogP contribution >= 0.6 is 17.0 Å². The van der Waals surface area contributed by atoms with E-state index in [2.05, 4.69) is 259 Å². The van der Waals surface area contributed by atoms with Crippen LogP contribution < -0.4 is 18.9 Å². The predicted molar refractivity (Wildman–Crippen MR) is 479 cm³/mol. The van der Waals surface area contributed by atoms with Gasteiger partial charge in [0.05, 0.1) is 24.4 Å². The molecule has 12 aliphatic carbocycles. The maximum atomic E-state index is 11.9. The molecule has 22 rings (SSSR count). The van der Waals surface area contributed by atoms with Crippen LogP contribution in [-0.2, 0) is 14.9 Å². The molecule has 0 N–H and O–H groups in total. The zero-order valence-corrected chi connectivity index (χ0v) is 74.7. The number of fused-ring (bicyclic) bond motifs is 8. The Bertz CT molecular complexity index is 4880. The standard InChI is InChI=1S/2C53H56O2Si.2ClH.Zr/c2*1-34-32-50-46(40-16-12-36(13-17-40)38-20-24-42(25-21-38)54-44-28-29-44)8-4-6-10-48(50)52(34)56(3)53-35(2)33-51-47(9-5-7-11-49(51)53)41-18-14-37(15-19-41)39-22-26-43(27-23-39)55-45-30-31-45;;;/h2*12-27,32-33,44-47,56H,4-11,28-31H2,1-3H3;2*1H;/q;;;;+2/p-2. The van der Waals surface area contributed by atoms with Gasteiger partial charge in [-0.15, -0.1) is 0 Å². The van der Waals surface area contributed by atoms with E-state index < -0.39 is 43.5 Å². The van der Waals surface area contributed by atoms with Gasteiger partial charge in [-0.05, 0) is 51.4 Å². The Morgan fingerprint density at radius 2 is 0.443 bits per heavy atom. The molecule has 4 nitrogen and oxygen atoms in total. The molecule has 14 aliphatic rings. The summed E-state index contributed by atoms with van der Waals surface area (Å²) in [6.45, 7) is 16.6. The first-order valence-electron chi connectivity index (χ1n) is 44.9. The summed E-state index contributed by atoms with van der Waals surface area (Å²) in [6, 6.07) is 75.2. The van der Waals surface area contributed by atoms with Gasteiger partial charge < -0.3 is 18.9 Å². The van der Waals surface area contributed by atoms with Gasteiger partial charge in [0, 0.05) is 0 Å². The summed E-state index contributed by atoms with van der Waals surface area (Å²) in [4.78, 5) is 0. The average Bonchev–Trinajstić information content (AvgIpc) is 0.589. The van der Waals surface area contributed by atoms with Crippen molar-refractivity contribution in [2.45, 2.75) is 254 Å². The molecule has 2 aliphatic heterocycles. The van der Waals surface area contributed by atoms with Crippen molar-refractivity contribution in [3.05, 3.63) is 308 Å². The third kappa shape index (κ3) is 10.1. The SMILES string of the molecule is CC1=CC2=C(CCCCC2c2ccc(-c3ccc(OC4CC4)cc3)cc2)[C]12[SiH](C)[C]1(C(C)=CC3=C1CCCCC3c1ccc(-c3ccc(OC4CC4)cc3)cc1)[Zr]21([Cl])([Cl])[C]2(C(C)=CC3=C2CCCCC3c2ccc(-c3ccc(OC4CC4)cc3)cc2)[SiH](C)[C]12C(C)=CC1=C2CCCCC1c1ccc(-c2ccc(OC3CC3)cc2)cc1. The van der Waals surface area contributed by atoms with Crippen molar-refractivity contribution < 1.29 is 33.9 Å². The Kier molecular flexibility index (Phi) is 17.5. The van der Waals surface area contributed by atoms with E-state index >= 15 is 0 Å². The molecule has 2 heterocycles. The minimum atomic E-state index is -7.49. The summed E-state index contributed by atoms with van der Waals surface area (Å²) in [5, 5.41) is 0. The summed E-state index contributed by atoms with van der Waals surface area (Å²) < 4.78 is 23.1. The second kappa shape index (κ2) is 27.1. The number of ether oxygens (including phenoxy) is 4. The van der Waals surface area contributed by atoms with Gasteiger partial charge in [-0.3, -0.25) is 0 Å². The van der Waals surface area contributed by atoms with Crippen molar-refractivity contribution in [2.75, 3.05) is 0 Å². The topological polar surface area (TPSA) is 36.9 Å². The average molecular weight is 1670 g/mol. The first-order valence-corrected chi connectivity index (χ1v) is 60.8. The molecule has 0 bridgehead atoms. The normalized spacial score (nSPS) is 31.2. The summed E-state index contributed by atoms with van der Waals surface area (Å²) in [5.74, 6) is 4.77. The van der Waals surface area contributed by atoms with Crippen LogP contribution in [0.15, 0.2) is 285 Å². The van der Waals surface area contributed by atoms with Crippen molar-refractivity contribution in [3.63, 3.8) is 0 Å². The second-order valence-corrected chi connectivity index (χ2v) is 78.2. The molecule has 8 atom stereocenters. The van der Waals surface area contributed by atoms with E-state index in [1.807, 2.05) is 0 Å². The third-order valence-electron chi connectivity index (χ3n) is 32.9. The summed E-state index contributed by atoms with van der Waals surface area (Å²) >= 11 is -7.49. The van der Waals surface area contributed by atoms with Gasteiger partial charge in [0.1, 0.15) is 0 Å². The fourth-order valence-corrected chi connectivity index (χ4v) is 155. The Morgan fingerprint density at radius 3 is 0.626 bits per heavy atom. The van der Waals surface area contributed by atoms with Gasteiger partial charge in [0.15, 0.2) is 0 Å². The van der Waals surface area contributed by atoms with Gasteiger partial charge in [-0.1, -0.05) is 0 Å². The van der Waals surface area contributed by atoms with Crippen molar-refractivity contribution >= 4 is 34.6 Å². The molecule has 0 radical (unpaired) electrons. The molecular weight excluding hydrogens is 1560 g/mol. The van der Waals surface area contributed by atoms with E-state index in [-0.39, 0.29) is 23.7 Å². The number of allylic oxidation sites excluding steroid dienone is 16. The fraction of sp³-hybridized carbons (Fsp3) is 0.396. The third-order valence-corrected chi connectivity index (χ3v) is 118. The van der Waals surface area contributed by atoms with Crippen LogP contribution in [0, 0.1) is 0 Å². The molecule has 8 aromatic rings. The van der Waals surface area contributed by atoms with Gasteiger partial charge >= 0.3 is 603 Å². The number of rotatable bonds is 16. The van der Waals surface area contributed by atoms with E-state index in [1.165, 1.54) is 92.4 Å². The van der Waals surface area contributed by atoms with Gasteiger partial charge in [-0.2, -0.15) is 0 Å². The van der Waals surface area contributed by atoms with Crippen LogP contribution in [0.5, 0.6) is 23.0 Å². The van der Waals surface area contributed by atoms with Crippen LogP contribution in [0.25, 0.3) is 44.5 Å². The zero-order valence-electron chi connectivity index (χ0n) is 68.4. The van der Waals surface area contributed by atoms with E-state index in [9.17, 15) is 17.0 Å². The second-order valence-electron chi connectivity index (χ2n) is 38.3. The van der Waals surface area contributed by atoms with E-state index in [4.69, 9.17) is 18.9 Å². The number of hydrogen-bond donors (Lipinski definition) is 0. The molecule has 0 aromatic heterocycles. The fourth-order valence-electron chi connectivity index (χ4n) is 28.7. The molecule has 115 heavy (non-hydrogen) atoms. The summed E-state index contributed by atoms with van der Waals surface area (Å²) in [6.07, 6.45) is 40.1. The summed E-state index contributed by atoms with van der Waals surface area (Å²) in [7, 11) is 19.0. The van der Waals surface area contributed by atoms with Gasteiger partial charge in [0.25, 0.3) is 0 Å². The molecule has 0 amide bonds. The molecular formula is C106H112Cl2O4Si2Zr. The van der Waals surface area contributed by atoms with Crippen molar-refractivity contribution in [1.82, 2.24) is 0 Å². The minimum absolute atomic E-state index is 0.217. The predicted octanol–water partition coefficient (Wildman–Crippen LogP) is 29.3. The van der Waals surface area contributed by atoms with Crippen LogP contribution in [0.2, 0.25) is 24.1 Å². The Morgan fingerprint density at radius 1 is 0.261 bits per heavy atom.